The van der Waals surface area contributed by atoms with Gasteiger partial charge in [-0.3, -0.25) is 4.90 Å². The molecule has 0 spiro atoms. The first-order valence-electron chi connectivity index (χ1n) is 5.96. The maximum absolute atomic E-state index is 12.4. The Morgan fingerprint density at radius 2 is 2.05 bits per heavy atom. The molecule has 0 aromatic heterocycles. The Bertz CT molecular complexity index is 474. The number of benzene rings is 1. The highest BCUT2D eigenvalue weighted by molar-refractivity contribution is 5.88. The van der Waals surface area contributed by atoms with Crippen LogP contribution in [0.2, 0.25) is 0 Å². The van der Waals surface area contributed by atoms with Crippen LogP contribution in [-0.2, 0) is 6.54 Å². The summed E-state index contributed by atoms with van der Waals surface area (Å²) < 4.78 is 42.3. The molecule has 0 saturated carbocycles. The summed E-state index contributed by atoms with van der Waals surface area (Å²) in [6.07, 6.45) is -4.30. The summed E-state index contributed by atoms with van der Waals surface area (Å²) in [7, 11) is 1.39. The Balaban J connectivity index is 2.98. The van der Waals surface area contributed by atoms with E-state index >= 15 is 0 Å². The summed E-state index contributed by atoms with van der Waals surface area (Å²) in [5.41, 5.74) is 0.433. The lowest BCUT2D eigenvalue weighted by Crippen LogP contribution is -2.33. The van der Waals surface area contributed by atoms with Crippen LogP contribution in [0.25, 0.3) is 0 Å². The lowest BCUT2D eigenvalue weighted by Gasteiger charge is -2.23. The SMILES string of the molecule is CCN(Cc1cc(C(=O)O)ccc1OC)CC(F)(F)F. The first-order valence-corrected chi connectivity index (χ1v) is 5.96. The van der Waals surface area contributed by atoms with Crippen LogP contribution in [0.1, 0.15) is 22.8 Å². The van der Waals surface area contributed by atoms with Crippen LogP contribution in [0, 0.1) is 0 Å². The van der Waals surface area contributed by atoms with Crippen LogP contribution >= 0.6 is 0 Å². The third kappa shape index (κ3) is 4.73. The number of aromatic carboxylic acids is 1. The number of alkyl halides is 3. The molecule has 1 aromatic rings. The van der Waals surface area contributed by atoms with Crippen molar-refractivity contribution in [3.8, 4) is 5.75 Å². The maximum atomic E-state index is 12.4. The van der Waals surface area contributed by atoms with E-state index in [0.29, 0.717) is 11.3 Å². The highest BCUT2D eigenvalue weighted by Crippen LogP contribution is 2.24. The van der Waals surface area contributed by atoms with E-state index in [0.717, 1.165) is 0 Å². The molecule has 0 atom stereocenters. The topological polar surface area (TPSA) is 49.8 Å². The molecule has 4 nitrogen and oxygen atoms in total. The predicted molar refractivity (Wildman–Crippen MR) is 67.0 cm³/mol. The average Bonchev–Trinajstić information content (AvgIpc) is 2.36. The fourth-order valence-electron chi connectivity index (χ4n) is 1.81. The van der Waals surface area contributed by atoms with E-state index in [-0.39, 0.29) is 18.7 Å². The standard InChI is InChI=1S/C13H16F3NO3/c1-3-17(8-13(14,15)16)7-10-6-9(12(18)19)4-5-11(10)20-2/h4-6H,3,7-8H2,1-2H3,(H,18,19). The van der Waals surface area contributed by atoms with Gasteiger partial charge in [-0.2, -0.15) is 13.2 Å². The number of rotatable bonds is 6. The smallest absolute Gasteiger partial charge is 0.401 e. The molecular formula is C13H16F3NO3. The number of carbonyl (C=O) groups is 1. The number of methoxy groups -OCH3 is 1. The molecule has 20 heavy (non-hydrogen) atoms. The summed E-state index contributed by atoms with van der Waals surface area (Å²) in [4.78, 5) is 12.1. The van der Waals surface area contributed by atoms with Gasteiger partial charge in [-0.15, -0.1) is 0 Å². The second-order valence-electron chi connectivity index (χ2n) is 4.25. The zero-order valence-electron chi connectivity index (χ0n) is 11.2. The van der Waals surface area contributed by atoms with Crippen molar-refractivity contribution in [2.24, 2.45) is 0 Å². The third-order valence-electron chi connectivity index (χ3n) is 2.77. The maximum Gasteiger partial charge on any atom is 0.401 e. The lowest BCUT2D eigenvalue weighted by molar-refractivity contribution is -0.146. The van der Waals surface area contributed by atoms with E-state index in [9.17, 15) is 18.0 Å². The van der Waals surface area contributed by atoms with E-state index in [1.807, 2.05) is 0 Å². The van der Waals surface area contributed by atoms with Gasteiger partial charge in [0.1, 0.15) is 5.75 Å². The summed E-state index contributed by atoms with van der Waals surface area (Å²) in [6.45, 7) is 0.726. The largest absolute Gasteiger partial charge is 0.496 e. The van der Waals surface area contributed by atoms with E-state index in [1.165, 1.54) is 30.2 Å². The van der Waals surface area contributed by atoms with Gasteiger partial charge in [0.15, 0.2) is 0 Å². The van der Waals surface area contributed by atoms with Gasteiger partial charge >= 0.3 is 12.1 Å². The monoisotopic (exact) mass is 291 g/mol. The highest BCUT2D eigenvalue weighted by Gasteiger charge is 2.30. The Morgan fingerprint density at radius 1 is 1.40 bits per heavy atom. The Hall–Kier alpha value is -1.76. The lowest BCUT2D eigenvalue weighted by atomic mass is 10.1. The van der Waals surface area contributed by atoms with Gasteiger partial charge in [-0.1, -0.05) is 6.92 Å². The number of nitrogens with zero attached hydrogens (tertiary/aromatic N) is 1. The minimum Gasteiger partial charge on any atom is -0.496 e. The summed E-state index contributed by atoms with van der Waals surface area (Å²) in [6, 6.07) is 4.13. The number of halogens is 3. The van der Waals surface area contributed by atoms with Crippen molar-refractivity contribution < 1.29 is 27.8 Å². The molecule has 0 bridgehead atoms. The van der Waals surface area contributed by atoms with Gasteiger partial charge in [-0.25, -0.2) is 4.79 Å². The molecule has 0 aliphatic carbocycles. The zero-order valence-corrected chi connectivity index (χ0v) is 11.2. The molecular weight excluding hydrogens is 275 g/mol. The first kappa shape index (κ1) is 16.3. The molecule has 1 rings (SSSR count). The minimum atomic E-state index is -4.30. The van der Waals surface area contributed by atoms with Crippen molar-refractivity contribution >= 4 is 5.97 Å². The van der Waals surface area contributed by atoms with Gasteiger partial charge in [-0.05, 0) is 24.7 Å². The van der Waals surface area contributed by atoms with Crippen LogP contribution in [0.5, 0.6) is 5.75 Å². The predicted octanol–water partition coefficient (Wildman–Crippen LogP) is 2.78. The van der Waals surface area contributed by atoms with Crippen molar-refractivity contribution in [1.29, 1.82) is 0 Å². The van der Waals surface area contributed by atoms with Crippen LogP contribution in [-0.4, -0.2) is 42.4 Å². The van der Waals surface area contributed by atoms with Crippen molar-refractivity contribution in [3.63, 3.8) is 0 Å². The molecule has 112 valence electrons. The third-order valence-corrected chi connectivity index (χ3v) is 2.77. The van der Waals surface area contributed by atoms with E-state index < -0.39 is 18.7 Å². The Labute approximate surface area is 114 Å². The van der Waals surface area contributed by atoms with Crippen molar-refractivity contribution in [2.45, 2.75) is 19.6 Å². The first-order chi connectivity index (χ1) is 9.26. The summed E-state index contributed by atoms with van der Waals surface area (Å²) in [5, 5.41) is 8.92. The van der Waals surface area contributed by atoms with Crippen LogP contribution in [0.3, 0.4) is 0 Å². The molecule has 0 saturated heterocycles. The number of ether oxygens (including phenoxy) is 1. The van der Waals surface area contributed by atoms with E-state index in [4.69, 9.17) is 9.84 Å². The molecule has 7 heteroatoms. The van der Waals surface area contributed by atoms with Crippen LogP contribution < -0.4 is 4.74 Å². The van der Waals surface area contributed by atoms with Gasteiger partial charge in [0.2, 0.25) is 0 Å². The molecule has 1 N–H and O–H groups in total. The van der Waals surface area contributed by atoms with Crippen molar-refractivity contribution in [3.05, 3.63) is 29.3 Å². The second-order valence-corrected chi connectivity index (χ2v) is 4.25. The fraction of sp³-hybridized carbons (Fsp3) is 0.462. The van der Waals surface area contributed by atoms with Gasteiger partial charge in [0, 0.05) is 12.1 Å². The van der Waals surface area contributed by atoms with E-state index in [1.54, 1.807) is 6.92 Å². The molecule has 0 fully saturated rings. The normalized spacial score (nSPS) is 11.7. The Morgan fingerprint density at radius 3 is 2.50 bits per heavy atom. The Kier molecular flexibility index (Phi) is 5.38. The van der Waals surface area contributed by atoms with Crippen molar-refractivity contribution in [1.82, 2.24) is 4.90 Å². The quantitative estimate of drug-likeness (QED) is 0.875. The number of hydrogen-bond acceptors (Lipinski definition) is 3. The second kappa shape index (κ2) is 6.60. The van der Waals surface area contributed by atoms with Crippen LogP contribution in [0.4, 0.5) is 13.2 Å². The minimum absolute atomic E-state index is 0.0175. The molecule has 0 radical (unpaired) electrons. The van der Waals surface area contributed by atoms with E-state index in [2.05, 4.69) is 0 Å². The van der Waals surface area contributed by atoms with Crippen LogP contribution in [0.15, 0.2) is 18.2 Å². The molecule has 0 heterocycles. The number of carboxylic acid groups (broad SMARTS) is 1. The molecule has 0 aliphatic rings. The molecule has 0 unspecified atom stereocenters. The number of carboxylic acids is 1. The van der Waals surface area contributed by atoms with Crippen molar-refractivity contribution in [2.75, 3.05) is 20.2 Å². The molecule has 1 aromatic carbocycles. The fourth-order valence-corrected chi connectivity index (χ4v) is 1.81. The summed E-state index contributed by atoms with van der Waals surface area (Å²) >= 11 is 0. The van der Waals surface area contributed by atoms with Gasteiger partial charge in [0.25, 0.3) is 0 Å². The summed E-state index contributed by atoms with van der Waals surface area (Å²) in [5.74, 6) is -0.761. The number of hydrogen-bond donors (Lipinski definition) is 1. The average molecular weight is 291 g/mol. The van der Waals surface area contributed by atoms with Gasteiger partial charge in [0.05, 0.1) is 19.2 Å². The molecule has 0 amide bonds. The molecule has 0 aliphatic heterocycles. The highest BCUT2D eigenvalue weighted by atomic mass is 19.4. The zero-order chi connectivity index (χ0) is 15.3. The van der Waals surface area contributed by atoms with Gasteiger partial charge < -0.3 is 9.84 Å².